The molecule has 1 saturated carbocycles. The Kier molecular flexibility index (Phi) is 4.77. The van der Waals surface area contributed by atoms with Crippen LogP contribution in [0.3, 0.4) is 0 Å². The second-order valence-corrected chi connectivity index (χ2v) is 9.28. The topological polar surface area (TPSA) is 99.5 Å². The van der Waals surface area contributed by atoms with Crippen molar-refractivity contribution in [3.05, 3.63) is 41.6 Å². The average Bonchev–Trinajstić information content (AvgIpc) is 3.45. The molecule has 12 heteroatoms. The fourth-order valence-electron chi connectivity index (χ4n) is 4.96. The maximum atomic E-state index is 14.0. The molecule has 4 aromatic heterocycles. The third-order valence-corrected chi connectivity index (χ3v) is 6.94. The molecule has 6 rings (SSSR count). The van der Waals surface area contributed by atoms with E-state index in [4.69, 9.17) is 4.52 Å². The molecule has 0 amide bonds. The number of aryl methyl sites for hydroxylation is 3. The van der Waals surface area contributed by atoms with Crippen molar-refractivity contribution in [2.45, 2.75) is 64.2 Å². The molecule has 0 atom stereocenters. The lowest BCUT2D eigenvalue weighted by atomic mass is 9.67. The smallest absolute Gasteiger partial charge is 0.344 e. The zero-order valence-electron chi connectivity index (χ0n) is 19.2. The minimum atomic E-state index is -4.35. The van der Waals surface area contributed by atoms with Gasteiger partial charge < -0.3 is 13.7 Å². The first-order valence-corrected chi connectivity index (χ1v) is 11.5. The van der Waals surface area contributed by atoms with Crippen molar-refractivity contribution in [1.82, 2.24) is 34.5 Å². The molecule has 1 aliphatic heterocycles. The molecule has 35 heavy (non-hydrogen) atoms. The van der Waals surface area contributed by atoms with E-state index < -0.39 is 11.6 Å². The number of rotatable bonds is 4. The number of hydrogen-bond acceptors (Lipinski definition) is 7. The Morgan fingerprint density at radius 2 is 1.91 bits per heavy atom. The van der Waals surface area contributed by atoms with E-state index in [-0.39, 0.29) is 18.7 Å². The second kappa shape index (κ2) is 7.65. The van der Waals surface area contributed by atoms with Crippen molar-refractivity contribution < 1.29 is 17.7 Å². The molecule has 0 aromatic carbocycles. The maximum absolute atomic E-state index is 14.0. The van der Waals surface area contributed by atoms with E-state index in [0.29, 0.717) is 49.3 Å². The number of nitrogens with zero attached hydrogens (tertiary/aromatic N) is 7. The van der Waals surface area contributed by atoms with Gasteiger partial charge in [-0.2, -0.15) is 13.2 Å². The van der Waals surface area contributed by atoms with Gasteiger partial charge in [0.2, 0.25) is 11.8 Å². The van der Waals surface area contributed by atoms with Gasteiger partial charge in [0.15, 0.2) is 5.82 Å². The number of nitrogens with one attached hydrogen (secondary N) is 1. The van der Waals surface area contributed by atoms with Gasteiger partial charge in [0, 0.05) is 37.1 Å². The highest BCUT2D eigenvalue weighted by atomic mass is 19.4. The zero-order valence-corrected chi connectivity index (χ0v) is 19.2. The van der Waals surface area contributed by atoms with Crippen LogP contribution in [-0.2, 0) is 18.5 Å². The Morgan fingerprint density at radius 3 is 2.60 bits per heavy atom. The molecule has 0 saturated heterocycles. The van der Waals surface area contributed by atoms with Crippen LogP contribution in [0.15, 0.2) is 29.0 Å². The standard InChI is InChI=1S/C23H23F3N8O/c1-13-11-27-21(28-17-9-14(2)32-35-17)29-18(13)15-10-16-19-30-31-20(22(5-3-6-22)23(24,25)26)34(19)8-4-7-33(16)12-15/h9-12H,3-8H2,1-2H3,(H,27,28,29). The fourth-order valence-corrected chi connectivity index (χ4v) is 4.96. The third-order valence-electron chi connectivity index (χ3n) is 6.94. The Bertz CT molecular complexity index is 1410. The van der Waals surface area contributed by atoms with Crippen LogP contribution >= 0.6 is 0 Å². The van der Waals surface area contributed by atoms with Crippen molar-refractivity contribution in [1.29, 1.82) is 0 Å². The van der Waals surface area contributed by atoms with Gasteiger partial charge in [-0.05, 0) is 44.7 Å². The van der Waals surface area contributed by atoms with E-state index in [0.717, 1.165) is 22.5 Å². The molecule has 0 unspecified atom stereocenters. The summed E-state index contributed by atoms with van der Waals surface area (Å²) in [5.41, 5.74) is 1.95. The molecule has 1 N–H and O–H groups in total. The van der Waals surface area contributed by atoms with E-state index in [1.54, 1.807) is 16.8 Å². The Labute approximate surface area is 198 Å². The van der Waals surface area contributed by atoms with Crippen LogP contribution < -0.4 is 5.32 Å². The lowest BCUT2D eigenvalue weighted by molar-refractivity contribution is -0.216. The minimum Gasteiger partial charge on any atom is -0.344 e. The van der Waals surface area contributed by atoms with Crippen molar-refractivity contribution >= 4 is 11.8 Å². The Morgan fingerprint density at radius 1 is 1.09 bits per heavy atom. The van der Waals surface area contributed by atoms with Gasteiger partial charge in [0.1, 0.15) is 11.2 Å². The van der Waals surface area contributed by atoms with Crippen LogP contribution in [0.4, 0.5) is 25.0 Å². The highest BCUT2D eigenvalue weighted by Gasteiger charge is 2.62. The first-order chi connectivity index (χ1) is 16.7. The van der Waals surface area contributed by atoms with E-state index in [2.05, 4.69) is 30.6 Å². The van der Waals surface area contributed by atoms with Gasteiger partial charge in [-0.3, -0.25) is 5.32 Å². The number of aromatic nitrogens is 7. The summed E-state index contributed by atoms with van der Waals surface area (Å²) < 4.78 is 51.0. The molecule has 0 radical (unpaired) electrons. The lowest BCUT2D eigenvalue weighted by Crippen LogP contribution is -2.49. The SMILES string of the molecule is Cc1cc(Nc2ncc(C)c(-c3cc4n(c3)CCCn3c-4nnc3C3(C(F)(F)F)CCC3)n2)on1. The predicted molar refractivity (Wildman–Crippen MR) is 120 cm³/mol. The molecule has 0 spiro atoms. The molecule has 182 valence electrons. The number of fused-ring (bicyclic) bond motifs is 3. The molecule has 5 heterocycles. The zero-order chi connectivity index (χ0) is 24.4. The molecule has 2 aliphatic rings. The van der Waals surface area contributed by atoms with E-state index in [1.807, 2.05) is 30.7 Å². The summed E-state index contributed by atoms with van der Waals surface area (Å²) in [6.45, 7) is 4.83. The largest absolute Gasteiger partial charge is 0.401 e. The molecule has 1 fully saturated rings. The molecular formula is C23H23F3N8O. The minimum absolute atomic E-state index is 0.0366. The summed E-state index contributed by atoms with van der Waals surface area (Å²) in [5.74, 6) is 1.28. The van der Waals surface area contributed by atoms with Gasteiger partial charge in [-0.1, -0.05) is 11.6 Å². The van der Waals surface area contributed by atoms with Crippen molar-refractivity contribution in [2.24, 2.45) is 0 Å². The van der Waals surface area contributed by atoms with Crippen LogP contribution in [0.5, 0.6) is 0 Å². The summed E-state index contributed by atoms with van der Waals surface area (Å²) in [7, 11) is 0. The van der Waals surface area contributed by atoms with Gasteiger partial charge in [-0.15, -0.1) is 10.2 Å². The van der Waals surface area contributed by atoms with Gasteiger partial charge in [-0.25, -0.2) is 9.97 Å². The normalized spacial score (nSPS) is 16.8. The van der Waals surface area contributed by atoms with Crippen LogP contribution in [-0.4, -0.2) is 40.6 Å². The van der Waals surface area contributed by atoms with Crippen molar-refractivity contribution in [3.63, 3.8) is 0 Å². The van der Waals surface area contributed by atoms with Gasteiger partial charge >= 0.3 is 6.18 Å². The lowest BCUT2D eigenvalue weighted by Gasteiger charge is -2.42. The molecule has 9 nitrogen and oxygen atoms in total. The quantitative estimate of drug-likeness (QED) is 0.438. The van der Waals surface area contributed by atoms with Crippen LogP contribution in [0, 0.1) is 13.8 Å². The van der Waals surface area contributed by atoms with Gasteiger partial charge in [0.05, 0.1) is 17.1 Å². The molecule has 4 aromatic rings. The highest BCUT2D eigenvalue weighted by molar-refractivity contribution is 5.70. The molecule has 1 aliphatic carbocycles. The second-order valence-electron chi connectivity index (χ2n) is 9.28. The maximum Gasteiger partial charge on any atom is 0.401 e. The van der Waals surface area contributed by atoms with E-state index in [1.165, 1.54) is 0 Å². The number of halogens is 3. The predicted octanol–water partition coefficient (Wildman–Crippen LogP) is 4.94. The summed E-state index contributed by atoms with van der Waals surface area (Å²) in [4.78, 5) is 8.98. The third kappa shape index (κ3) is 3.41. The first kappa shape index (κ1) is 21.8. The summed E-state index contributed by atoms with van der Waals surface area (Å²) in [6.07, 6.45) is 0.648. The van der Waals surface area contributed by atoms with Gasteiger partial charge in [0.25, 0.3) is 0 Å². The Balaban J connectivity index is 1.39. The number of anilines is 2. The van der Waals surface area contributed by atoms with E-state index in [9.17, 15) is 13.2 Å². The summed E-state index contributed by atoms with van der Waals surface area (Å²) in [5, 5.41) is 15.2. The summed E-state index contributed by atoms with van der Waals surface area (Å²) >= 11 is 0. The molecular weight excluding hydrogens is 461 g/mol. The van der Waals surface area contributed by atoms with E-state index >= 15 is 0 Å². The summed E-state index contributed by atoms with van der Waals surface area (Å²) in [6, 6.07) is 3.65. The van der Waals surface area contributed by atoms with Crippen molar-refractivity contribution in [3.8, 4) is 22.8 Å². The number of alkyl halides is 3. The van der Waals surface area contributed by atoms with Crippen LogP contribution in [0.25, 0.3) is 22.8 Å². The monoisotopic (exact) mass is 484 g/mol. The van der Waals surface area contributed by atoms with Crippen molar-refractivity contribution in [2.75, 3.05) is 5.32 Å². The molecule has 0 bridgehead atoms. The highest BCUT2D eigenvalue weighted by Crippen LogP contribution is 2.54. The fraction of sp³-hybridized carbons (Fsp3) is 0.435. The Hall–Kier alpha value is -3.70. The number of hydrogen-bond donors (Lipinski definition) is 1. The first-order valence-electron chi connectivity index (χ1n) is 11.5. The van der Waals surface area contributed by atoms with Crippen LogP contribution in [0.2, 0.25) is 0 Å². The average molecular weight is 484 g/mol. The van der Waals surface area contributed by atoms with Crippen LogP contribution in [0.1, 0.15) is 42.8 Å².